The first-order valence-corrected chi connectivity index (χ1v) is 4.35. The largest absolute Gasteiger partial charge is 0.489 e. The van der Waals surface area contributed by atoms with E-state index in [1.165, 1.54) is 0 Å². The average Bonchev–Trinajstić information content (AvgIpc) is 2.16. The van der Waals surface area contributed by atoms with Gasteiger partial charge in [0.05, 0.1) is 0 Å². The number of hydrogen-bond acceptors (Lipinski definition) is 4. The van der Waals surface area contributed by atoms with Gasteiger partial charge in [0, 0.05) is 23.5 Å². The van der Waals surface area contributed by atoms with Gasteiger partial charge < -0.3 is 9.47 Å². The molecule has 0 aliphatic carbocycles. The van der Waals surface area contributed by atoms with E-state index >= 15 is 0 Å². The first-order valence-electron chi connectivity index (χ1n) is 4.35. The van der Waals surface area contributed by atoms with Crippen LogP contribution in [0.4, 0.5) is 0 Å². The van der Waals surface area contributed by atoms with E-state index in [4.69, 9.17) is 4.74 Å². The molecular formula is C10H13NO3. The molecule has 1 aromatic heterocycles. The summed E-state index contributed by atoms with van der Waals surface area (Å²) in [4.78, 5) is 13.9. The molecule has 0 unspecified atom stereocenters. The third-order valence-electron chi connectivity index (χ3n) is 1.77. The number of rotatable bonds is 5. The minimum absolute atomic E-state index is 0.269. The molecule has 0 saturated carbocycles. The Morgan fingerprint density at radius 1 is 1.29 bits per heavy atom. The number of ether oxygens (including phenoxy) is 2. The van der Waals surface area contributed by atoms with E-state index in [0.29, 0.717) is 13.1 Å². The standard InChI is InChI=1S/C10H13NO3/c1-8-5-11-6-9(2)10(8)14-4-3-13-7-12/h5-7H,3-4H2,1-2H3. The van der Waals surface area contributed by atoms with Crippen LogP contribution >= 0.6 is 0 Å². The number of nitrogens with zero attached hydrogens (tertiary/aromatic N) is 1. The average molecular weight is 195 g/mol. The molecule has 0 N–H and O–H groups in total. The van der Waals surface area contributed by atoms with Crippen LogP contribution in [0.3, 0.4) is 0 Å². The molecule has 1 heterocycles. The van der Waals surface area contributed by atoms with Crippen LogP contribution in [0.15, 0.2) is 12.4 Å². The zero-order valence-electron chi connectivity index (χ0n) is 8.32. The van der Waals surface area contributed by atoms with Gasteiger partial charge in [0.25, 0.3) is 6.47 Å². The molecular weight excluding hydrogens is 182 g/mol. The van der Waals surface area contributed by atoms with Crippen LogP contribution in [-0.4, -0.2) is 24.7 Å². The third kappa shape index (κ3) is 2.73. The van der Waals surface area contributed by atoms with Crippen molar-refractivity contribution in [1.29, 1.82) is 0 Å². The summed E-state index contributed by atoms with van der Waals surface area (Å²) in [6, 6.07) is 0. The Labute approximate surface area is 82.9 Å². The van der Waals surface area contributed by atoms with Gasteiger partial charge in [-0.2, -0.15) is 0 Å². The number of aryl methyl sites for hydroxylation is 2. The van der Waals surface area contributed by atoms with Gasteiger partial charge in [-0.1, -0.05) is 0 Å². The van der Waals surface area contributed by atoms with Crippen molar-refractivity contribution >= 4 is 6.47 Å². The van der Waals surface area contributed by atoms with Crippen LogP contribution in [0.1, 0.15) is 11.1 Å². The topological polar surface area (TPSA) is 48.4 Å². The molecule has 0 aliphatic heterocycles. The van der Waals surface area contributed by atoms with Crippen LogP contribution < -0.4 is 4.74 Å². The lowest BCUT2D eigenvalue weighted by Gasteiger charge is -2.10. The maximum Gasteiger partial charge on any atom is 0.293 e. The molecule has 0 bridgehead atoms. The zero-order valence-corrected chi connectivity index (χ0v) is 8.32. The van der Waals surface area contributed by atoms with E-state index in [9.17, 15) is 4.79 Å². The molecule has 0 amide bonds. The summed E-state index contributed by atoms with van der Waals surface area (Å²) in [5, 5.41) is 0. The maximum atomic E-state index is 9.86. The summed E-state index contributed by atoms with van der Waals surface area (Å²) in [7, 11) is 0. The molecule has 0 atom stereocenters. The fraction of sp³-hybridized carbons (Fsp3) is 0.400. The Bertz CT molecular complexity index is 292. The molecule has 4 nitrogen and oxygen atoms in total. The zero-order chi connectivity index (χ0) is 10.4. The lowest BCUT2D eigenvalue weighted by Crippen LogP contribution is -2.07. The normalized spacial score (nSPS) is 9.57. The van der Waals surface area contributed by atoms with Crippen molar-refractivity contribution in [2.24, 2.45) is 0 Å². The van der Waals surface area contributed by atoms with Gasteiger partial charge >= 0.3 is 0 Å². The van der Waals surface area contributed by atoms with Crippen molar-refractivity contribution in [2.75, 3.05) is 13.2 Å². The fourth-order valence-corrected chi connectivity index (χ4v) is 1.16. The van der Waals surface area contributed by atoms with Gasteiger partial charge in [-0.25, -0.2) is 0 Å². The molecule has 1 aromatic rings. The Kier molecular flexibility index (Phi) is 3.91. The van der Waals surface area contributed by atoms with Crippen molar-refractivity contribution in [3.05, 3.63) is 23.5 Å². The monoisotopic (exact) mass is 195 g/mol. The SMILES string of the molecule is Cc1cncc(C)c1OCCOC=O. The van der Waals surface area contributed by atoms with Gasteiger partial charge in [0.15, 0.2) is 0 Å². The third-order valence-corrected chi connectivity index (χ3v) is 1.77. The predicted octanol–water partition coefficient (Wildman–Crippen LogP) is 1.25. The van der Waals surface area contributed by atoms with Gasteiger partial charge in [-0.3, -0.25) is 9.78 Å². The predicted molar refractivity (Wildman–Crippen MR) is 51.2 cm³/mol. The highest BCUT2D eigenvalue weighted by Gasteiger charge is 2.02. The molecule has 76 valence electrons. The summed E-state index contributed by atoms with van der Waals surface area (Å²) < 4.78 is 9.96. The van der Waals surface area contributed by atoms with Crippen LogP contribution in [-0.2, 0) is 9.53 Å². The molecule has 14 heavy (non-hydrogen) atoms. The smallest absolute Gasteiger partial charge is 0.293 e. The molecule has 0 spiro atoms. The van der Waals surface area contributed by atoms with Crippen LogP contribution in [0.25, 0.3) is 0 Å². The van der Waals surface area contributed by atoms with E-state index in [-0.39, 0.29) is 6.61 Å². The number of carbonyl (C=O) groups excluding carboxylic acids is 1. The minimum atomic E-state index is 0.269. The molecule has 0 radical (unpaired) electrons. The minimum Gasteiger partial charge on any atom is -0.489 e. The van der Waals surface area contributed by atoms with Gasteiger partial charge in [0.1, 0.15) is 19.0 Å². The van der Waals surface area contributed by atoms with E-state index < -0.39 is 0 Å². The Morgan fingerprint density at radius 3 is 2.50 bits per heavy atom. The molecule has 1 rings (SSSR count). The Balaban J connectivity index is 2.53. The van der Waals surface area contributed by atoms with E-state index in [2.05, 4.69) is 9.72 Å². The number of aromatic nitrogens is 1. The van der Waals surface area contributed by atoms with Crippen LogP contribution in [0.2, 0.25) is 0 Å². The quantitative estimate of drug-likeness (QED) is 0.524. The van der Waals surface area contributed by atoms with Crippen molar-refractivity contribution in [3.8, 4) is 5.75 Å². The van der Waals surface area contributed by atoms with E-state index in [1.54, 1.807) is 12.4 Å². The van der Waals surface area contributed by atoms with Gasteiger partial charge in [-0.15, -0.1) is 0 Å². The lowest BCUT2D eigenvalue weighted by molar-refractivity contribution is -0.129. The number of carbonyl (C=O) groups is 1. The molecule has 0 aliphatic rings. The second kappa shape index (κ2) is 5.21. The van der Waals surface area contributed by atoms with Gasteiger partial charge in [-0.05, 0) is 13.8 Å². The highest BCUT2D eigenvalue weighted by Crippen LogP contribution is 2.20. The highest BCUT2D eigenvalue weighted by molar-refractivity contribution is 5.37. The van der Waals surface area contributed by atoms with Crippen molar-refractivity contribution in [3.63, 3.8) is 0 Å². The molecule has 0 aromatic carbocycles. The first-order chi connectivity index (χ1) is 6.75. The Hall–Kier alpha value is -1.58. The summed E-state index contributed by atoms with van der Waals surface area (Å²) in [6.45, 7) is 4.90. The second-order valence-corrected chi connectivity index (χ2v) is 2.92. The highest BCUT2D eigenvalue weighted by atomic mass is 16.5. The van der Waals surface area contributed by atoms with E-state index in [0.717, 1.165) is 16.9 Å². The van der Waals surface area contributed by atoms with Crippen molar-refractivity contribution in [2.45, 2.75) is 13.8 Å². The number of hydrogen-bond donors (Lipinski definition) is 0. The summed E-state index contributed by atoms with van der Waals surface area (Å²) >= 11 is 0. The van der Waals surface area contributed by atoms with Crippen LogP contribution in [0, 0.1) is 13.8 Å². The second-order valence-electron chi connectivity index (χ2n) is 2.92. The summed E-state index contributed by atoms with van der Waals surface area (Å²) in [5.74, 6) is 0.814. The lowest BCUT2D eigenvalue weighted by atomic mass is 10.2. The van der Waals surface area contributed by atoms with Crippen molar-refractivity contribution < 1.29 is 14.3 Å². The summed E-state index contributed by atoms with van der Waals surface area (Å²) in [6.07, 6.45) is 3.48. The fourth-order valence-electron chi connectivity index (χ4n) is 1.16. The molecule has 0 fully saturated rings. The molecule has 4 heteroatoms. The van der Waals surface area contributed by atoms with Crippen LogP contribution in [0.5, 0.6) is 5.75 Å². The van der Waals surface area contributed by atoms with Gasteiger partial charge in [0.2, 0.25) is 0 Å². The number of pyridine rings is 1. The Morgan fingerprint density at radius 2 is 1.93 bits per heavy atom. The first kappa shape index (κ1) is 10.5. The van der Waals surface area contributed by atoms with Crippen molar-refractivity contribution in [1.82, 2.24) is 4.98 Å². The summed E-state index contributed by atoms with van der Waals surface area (Å²) in [5.41, 5.74) is 1.97. The maximum absolute atomic E-state index is 9.86. The molecule has 0 saturated heterocycles. The van der Waals surface area contributed by atoms with E-state index in [1.807, 2.05) is 13.8 Å².